The number of carbonyl (C=O) groups is 1. The average molecular weight is 522 g/mol. The number of anilines is 2. The van der Waals surface area contributed by atoms with Crippen molar-refractivity contribution in [2.75, 3.05) is 23.3 Å². The van der Waals surface area contributed by atoms with Gasteiger partial charge in [0.15, 0.2) is 17.2 Å². The van der Waals surface area contributed by atoms with Crippen LogP contribution in [-0.4, -0.2) is 54.1 Å². The average Bonchev–Trinajstić information content (AvgIpc) is 3.62. The third kappa shape index (κ3) is 4.60. The molecule has 1 amide bonds. The van der Waals surface area contributed by atoms with Gasteiger partial charge in [0.25, 0.3) is 0 Å². The predicted octanol–water partition coefficient (Wildman–Crippen LogP) is 5.47. The first kappa shape index (κ1) is 23.8. The summed E-state index contributed by atoms with van der Waals surface area (Å²) in [7, 11) is 0. The number of aromatic amines is 2. The van der Waals surface area contributed by atoms with E-state index in [0.717, 1.165) is 72.4 Å². The Bertz CT molecular complexity index is 1640. The van der Waals surface area contributed by atoms with Crippen molar-refractivity contribution < 1.29 is 4.79 Å². The van der Waals surface area contributed by atoms with Gasteiger partial charge in [-0.3, -0.25) is 14.9 Å². The normalized spacial score (nSPS) is 16.7. The minimum atomic E-state index is 0.0802. The maximum Gasteiger partial charge on any atom is 0.227 e. The van der Waals surface area contributed by atoms with Gasteiger partial charge in [-0.05, 0) is 56.4 Å². The fraction of sp³-hybridized carbons (Fsp3) is 0.379. The van der Waals surface area contributed by atoms with Crippen LogP contribution in [0.1, 0.15) is 51.4 Å². The van der Waals surface area contributed by atoms with Crippen LogP contribution in [0, 0.1) is 5.92 Å². The van der Waals surface area contributed by atoms with E-state index in [9.17, 15) is 4.79 Å². The number of amides is 1. The molecule has 1 saturated heterocycles. The van der Waals surface area contributed by atoms with Gasteiger partial charge >= 0.3 is 0 Å². The molecular weight excluding hydrogens is 490 g/mol. The predicted molar refractivity (Wildman–Crippen MR) is 151 cm³/mol. The number of hydrogen-bond donors (Lipinski definition) is 3. The topological polar surface area (TPSA) is 128 Å². The van der Waals surface area contributed by atoms with Gasteiger partial charge in [0.05, 0.1) is 28.8 Å². The van der Waals surface area contributed by atoms with Crippen molar-refractivity contribution in [3.8, 4) is 22.8 Å². The molecule has 10 nitrogen and oxygen atoms in total. The van der Waals surface area contributed by atoms with Crippen LogP contribution in [0.3, 0.4) is 0 Å². The van der Waals surface area contributed by atoms with Crippen molar-refractivity contribution in [3.63, 3.8) is 0 Å². The third-order valence-corrected chi connectivity index (χ3v) is 7.97. The number of rotatable bonds is 5. The van der Waals surface area contributed by atoms with Crippen LogP contribution in [-0.2, 0) is 4.79 Å². The first-order chi connectivity index (χ1) is 19.2. The summed E-state index contributed by atoms with van der Waals surface area (Å²) in [5.41, 5.74) is 7.12. The number of nitrogens with one attached hydrogen (secondary N) is 3. The molecule has 0 bridgehead atoms. The molecule has 2 fully saturated rings. The molecule has 0 unspecified atom stereocenters. The maximum atomic E-state index is 12.8. The lowest BCUT2D eigenvalue weighted by Gasteiger charge is -2.28. The molecule has 1 aliphatic carbocycles. The second kappa shape index (κ2) is 10.1. The zero-order valence-electron chi connectivity index (χ0n) is 21.8. The Kier molecular flexibility index (Phi) is 6.14. The number of aromatic nitrogens is 7. The first-order valence-electron chi connectivity index (χ1n) is 13.9. The summed E-state index contributed by atoms with van der Waals surface area (Å²) in [6, 6.07) is 7.87. The lowest BCUT2D eigenvalue weighted by atomic mass is 9.88. The molecule has 0 radical (unpaired) electrons. The molecule has 7 rings (SSSR count). The zero-order valence-corrected chi connectivity index (χ0v) is 21.8. The summed E-state index contributed by atoms with van der Waals surface area (Å²) in [5, 5.41) is 10.7. The molecule has 0 atom stereocenters. The Morgan fingerprint density at radius 2 is 1.79 bits per heavy atom. The molecule has 5 aromatic heterocycles. The Labute approximate surface area is 225 Å². The van der Waals surface area contributed by atoms with Crippen molar-refractivity contribution in [2.45, 2.75) is 51.4 Å². The Balaban J connectivity index is 1.20. The van der Waals surface area contributed by atoms with E-state index in [4.69, 9.17) is 9.97 Å². The summed E-state index contributed by atoms with van der Waals surface area (Å²) >= 11 is 0. The molecule has 0 spiro atoms. The standard InChI is InChI=1S/C29H31N9O/c39-29(18-7-3-1-4-8-18)32-20-15-19(16-30-17-20)21-9-10-22-24(33-21)26(37-36-22)28-34-25-23(11-12-31-27(25)35-28)38-13-5-2-6-14-38/h9-12,15-18H,1-8,13-14H2,(H,32,39)(H,36,37)(H,31,34,35). The minimum Gasteiger partial charge on any atom is -0.370 e. The second-order valence-electron chi connectivity index (χ2n) is 10.6. The monoisotopic (exact) mass is 521 g/mol. The second-order valence-corrected chi connectivity index (χ2v) is 10.6. The molecule has 1 saturated carbocycles. The number of carbonyl (C=O) groups excluding carboxylic acids is 1. The van der Waals surface area contributed by atoms with Gasteiger partial charge < -0.3 is 15.2 Å². The largest absolute Gasteiger partial charge is 0.370 e. The van der Waals surface area contributed by atoms with E-state index in [0.29, 0.717) is 22.7 Å². The van der Waals surface area contributed by atoms with Crippen molar-refractivity contribution >= 4 is 39.5 Å². The number of fused-ring (bicyclic) bond motifs is 2. The van der Waals surface area contributed by atoms with Crippen LogP contribution in [0.25, 0.3) is 45.0 Å². The minimum absolute atomic E-state index is 0.0802. The molecule has 10 heteroatoms. The molecule has 1 aliphatic heterocycles. The van der Waals surface area contributed by atoms with Gasteiger partial charge in [0.2, 0.25) is 5.91 Å². The van der Waals surface area contributed by atoms with Gasteiger partial charge in [-0.15, -0.1) is 0 Å². The number of piperidine rings is 1. The summed E-state index contributed by atoms with van der Waals surface area (Å²) in [6.07, 6.45) is 14.3. The molecule has 6 heterocycles. The lowest BCUT2D eigenvalue weighted by molar-refractivity contribution is -0.120. The Morgan fingerprint density at radius 1 is 0.949 bits per heavy atom. The van der Waals surface area contributed by atoms with Crippen molar-refractivity contribution in [3.05, 3.63) is 42.9 Å². The van der Waals surface area contributed by atoms with E-state index >= 15 is 0 Å². The van der Waals surface area contributed by atoms with Crippen LogP contribution in [0.2, 0.25) is 0 Å². The number of imidazole rings is 1. The molecule has 39 heavy (non-hydrogen) atoms. The maximum absolute atomic E-state index is 12.8. The SMILES string of the molecule is O=C(Nc1cncc(-c2ccc3[nH]nc(-c4nc5c(N6CCCCC6)ccnc5[nH]4)c3n2)c1)C1CCCCC1. The van der Waals surface area contributed by atoms with Gasteiger partial charge in [-0.1, -0.05) is 19.3 Å². The fourth-order valence-electron chi connectivity index (χ4n) is 5.88. The van der Waals surface area contributed by atoms with Crippen LogP contribution < -0.4 is 10.2 Å². The van der Waals surface area contributed by atoms with E-state index in [1.165, 1.54) is 25.7 Å². The quantitative estimate of drug-likeness (QED) is 0.280. The van der Waals surface area contributed by atoms with Gasteiger partial charge in [-0.25, -0.2) is 15.0 Å². The Morgan fingerprint density at radius 3 is 2.67 bits per heavy atom. The fourth-order valence-corrected chi connectivity index (χ4v) is 5.88. The van der Waals surface area contributed by atoms with E-state index in [1.54, 1.807) is 12.4 Å². The van der Waals surface area contributed by atoms with Crippen molar-refractivity contribution in [1.29, 1.82) is 0 Å². The highest BCUT2D eigenvalue weighted by Crippen LogP contribution is 2.32. The molecule has 198 valence electrons. The van der Waals surface area contributed by atoms with Crippen LogP contribution in [0.5, 0.6) is 0 Å². The summed E-state index contributed by atoms with van der Waals surface area (Å²) in [4.78, 5) is 37.3. The molecule has 5 aromatic rings. The molecule has 0 aromatic carbocycles. The van der Waals surface area contributed by atoms with Gasteiger partial charge in [0, 0.05) is 37.0 Å². The number of nitrogens with zero attached hydrogens (tertiary/aromatic N) is 6. The number of hydrogen-bond acceptors (Lipinski definition) is 7. The molecule has 3 N–H and O–H groups in total. The third-order valence-electron chi connectivity index (χ3n) is 7.97. The van der Waals surface area contributed by atoms with Crippen LogP contribution in [0.4, 0.5) is 11.4 Å². The highest BCUT2D eigenvalue weighted by Gasteiger charge is 2.22. The summed E-state index contributed by atoms with van der Waals surface area (Å²) in [6.45, 7) is 2.07. The van der Waals surface area contributed by atoms with Gasteiger partial charge in [-0.2, -0.15) is 5.10 Å². The van der Waals surface area contributed by atoms with E-state index < -0.39 is 0 Å². The highest BCUT2D eigenvalue weighted by molar-refractivity contribution is 5.95. The Hall–Kier alpha value is -4.34. The first-order valence-corrected chi connectivity index (χ1v) is 13.9. The number of H-pyrrole nitrogens is 2. The van der Waals surface area contributed by atoms with E-state index in [2.05, 4.69) is 35.4 Å². The van der Waals surface area contributed by atoms with Gasteiger partial charge in [0.1, 0.15) is 11.0 Å². The smallest absolute Gasteiger partial charge is 0.227 e. The van der Waals surface area contributed by atoms with Crippen LogP contribution >= 0.6 is 0 Å². The highest BCUT2D eigenvalue weighted by atomic mass is 16.1. The van der Waals surface area contributed by atoms with Crippen molar-refractivity contribution in [2.24, 2.45) is 5.92 Å². The van der Waals surface area contributed by atoms with Crippen LogP contribution in [0.15, 0.2) is 42.9 Å². The van der Waals surface area contributed by atoms with E-state index in [-0.39, 0.29) is 11.8 Å². The van der Waals surface area contributed by atoms with E-state index in [1.807, 2.05) is 30.5 Å². The molecule has 2 aliphatic rings. The molecular formula is C29H31N9O. The summed E-state index contributed by atoms with van der Waals surface area (Å²) in [5.74, 6) is 0.792. The zero-order chi connectivity index (χ0) is 26.2. The number of pyridine rings is 3. The lowest BCUT2D eigenvalue weighted by Crippen LogP contribution is -2.29. The van der Waals surface area contributed by atoms with Crippen molar-refractivity contribution in [1.82, 2.24) is 35.1 Å². The summed E-state index contributed by atoms with van der Waals surface area (Å²) < 4.78 is 0.